The predicted octanol–water partition coefficient (Wildman–Crippen LogP) is 4.18. The fourth-order valence-corrected chi connectivity index (χ4v) is 3.16. The fourth-order valence-electron chi connectivity index (χ4n) is 3.16. The number of hydrogen-bond donors (Lipinski definition) is 2. The molecular weight excluding hydrogens is 246 g/mol. The van der Waals surface area contributed by atoms with Crippen molar-refractivity contribution in [2.45, 2.75) is 38.0 Å². The molecule has 2 aromatic rings. The van der Waals surface area contributed by atoms with Crippen molar-refractivity contribution < 1.29 is 0 Å². The van der Waals surface area contributed by atoms with Crippen LogP contribution in [-0.4, -0.2) is 4.98 Å². The molecule has 1 aliphatic carbocycles. The summed E-state index contributed by atoms with van der Waals surface area (Å²) in [6.07, 6.45) is 8.49. The summed E-state index contributed by atoms with van der Waals surface area (Å²) in [6.45, 7) is 0. The molecule has 3 heteroatoms. The van der Waals surface area contributed by atoms with Gasteiger partial charge in [-0.2, -0.15) is 5.26 Å². The molecule has 1 saturated carbocycles. The lowest BCUT2D eigenvalue weighted by Gasteiger charge is -2.22. The molecule has 1 aliphatic rings. The summed E-state index contributed by atoms with van der Waals surface area (Å²) < 4.78 is 0. The van der Waals surface area contributed by atoms with Crippen molar-refractivity contribution >= 4 is 5.82 Å². The Labute approximate surface area is 119 Å². The zero-order valence-corrected chi connectivity index (χ0v) is 11.5. The molecule has 1 fully saturated rings. The van der Waals surface area contributed by atoms with Gasteiger partial charge in [0.15, 0.2) is 0 Å². The summed E-state index contributed by atoms with van der Waals surface area (Å²) >= 11 is 0. The minimum Gasteiger partial charge on any atom is -0.384 e. The van der Waals surface area contributed by atoms with Gasteiger partial charge in [0.1, 0.15) is 17.5 Å². The highest BCUT2D eigenvalue weighted by Crippen LogP contribution is 2.34. The molecular formula is C17H19N3. The molecule has 1 aromatic carbocycles. The third kappa shape index (κ3) is 2.30. The Bertz CT molecular complexity index is 625. The third-order valence-corrected chi connectivity index (χ3v) is 4.32. The number of aromatic nitrogens is 1. The molecule has 0 unspecified atom stereocenters. The Morgan fingerprint density at radius 1 is 1.10 bits per heavy atom. The summed E-state index contributed by atoms with van der Waals surface area (Å²) in [4.78, 5) is 2.92. The zero-order chi connectivity index (χ0) is 13.9. The quantitative estimate of drug-likeness (QED) is 0.855. The fraction of sp³-hybridized carbons (Fsp3) is 0.353. The van der Waals surface area contributed by atoms with Crippen LogP contribution in [0.25, 0.3) is 11.1 Å². The van der Waals surface area contributed by atoms with Crippen LogP contribution in [0.1, 0.15) is 49.1 Å². The smallest absolute Gasteiger partial charge is 0.119 e. The van der Waals surface area contributed by atoms with Gasteiger partial charge in [0.2, 0.25) is 0 Å². The second kappa shape index (κ2) is 5.42. The molecule has 0 bridgehead atoms. The van der Waals surface area contributed by atoms with E-state index >= 15 is 0 Å². The summed E-state index contributed by atoms with van der Waals surface area (Å²) in [5.41, 5.74) is 9.66. The van der Waals surface area contributed by atoms with Crippen LogP contribution in [0.2, 0.25) is 0 Å². The van der Waals surface area contributed by atoms with E-state index in [1.165, 1.54) is 37.7 Å². The standard InChI is InChI=1S/C17H19N3/c18-10-15-16(11-20-17(15)19)14-8-6-13(7-9-14)12-4-2-1-3-5-12/h6-9,11-12,20H,1-5,19H2. The van der Waals surface area contributed by atoms with Crippen molar-refractivity contribution in [2.75, 3.05) is 5.73 Å². The number of nitrogens with one attached hydrogen (secondary N) is 1. The summed E-state index contributed by atoms with van der Waals surface area (Å²) in [7, 11) is 0. The SMILES string of the molecule is N#Cc1c(-c2ccc(C3CCCCC3)cc2)c[nH]c1N. The zero-order valence-electron chi connectivity index (χ0n) is 11.5. The van der Waals surface area contributed by atoms with Gasteiger partial charge in [0.25, 0.3) is 0 Å². The summed E-state index contributed by atoms with van der Waals surface area (Å²) in [5, 5.41) is 9.16. The van der Waals surface area contributed by atoms with Crippen LogP contribution in [0.5, 0.6) is 0 Å². The molecule has 3 nitrogen and oxygen atoms in total. The summed E-state index contributed by atoms with van der Waals surface area (Å²) in [5.74, 6) is 1.16. The highest BCUT2D eigenvalue weighted by molar-refractivity contribution is 5.76. The lowest BCUT2D eigenvalue weighted by molar-refractivity contribution is 0.443. The average Bonchev–Trinajstić information content (AvgIpc) is 2.89. The van der Waals surface area contributed by atoms with Gasteiger partial charge < -0.3 is 10.7 Å². The van der Waals surface area contributed by atoms with Crippen LogP contribution in [0.3, 0.4) is 0 Å². The minimum atomic E-state index is 0.443. The van der Waals surface area contributed by atoms with Crippen molar-refractivity contribution in [2.24, 2.45) is 0 Å². The van der Waals surface area contributed by atoms with Crippen LogP contribution < -0.4 is 5.73 Å². The van der Waals surface area contributed by atoms with E-state index in [2.05, 4.69) is 35.3 Å². The van der Waals surface area contributed by atoms with E-state index in [1.807, 2.05) is 6.20 Å². The highest BCUT2D eigenvalue weighted by Gasteiger charge is 2.16. The van der Waals surface area contributed by atoms with Gasteiger partial charge in [0, 0.05) is 11.8 Å². The van der Waals surface area contributed by atoms with Crippen LogP contribution >= 0.6 is 0 Å². The van der Waals surface area contributed by atoms with Crippen LogP contribution in [0.15, 0.2) is 30.5 Å². The van der Waals surface area contributed by atoms with Gasteiger partial charge in [-0.3, -0.25) is 0 Å². The molecule has 3 N–H and O–H groups in total. The number of nitrogens with zero attached hydrogens (tertiary/aromatic N) is 1. The molecule has 0 aliphatic heterocycles. The second-order valence-electron chi connectivity index (χ2n) is 5.56. The largest absolute Gasteiger partial charge is 0.384 e. The normalized spacial score (nSPS) is 15.9. The molecule has 1 heterocycles. The number of H-pyrrole nitrogens is 1. The first-order chi connectivity index (χ1) is 9.79. The van der Waals surface area contributed by atoms with Crippen molar-refractivity contribution in [1.82, 2.24) is 4.98 Å². The van der Waals surface area contributed by atoms with E-state index in [4.69, 9.17) is 11.0 Å². The molecule has 0 radical (unpaired) electrons. The van der Waals surface area contributed by atoms with Gasteiger partial charge in [-0.25, -0.2) is 0 Å². The maximum Gasteiger partial charge on any atom is 0.119 e. The number of benzene rings is 1. The van der Waals surface area contributed by atoms with E-state index in [9.17, 15) is 0 Å². The van der Waals surface area contributed by atoms with Gasteiger partial charge in [-0.05, 0) is 29.9 Å². The average molecular weight is 265 g/mol. The molecule has 0 atom stereocenters. The maximum absolute atomic E-state index is 9.16. The van der Waals surface area contributed by atoms with E-state index in [0.29, 0.717) is 17.3 Å². The number of nitrogen functional groups attached to an aromatic ring is 1. The Morgan fingerprint density at radius 2 is 1.80 bits per heavy atom. The first-order valence-electron chi connectivity index (χ1n) is 7.27. The van der Waals surface area contributed by atoms with Crippen LogP contribution in [-0.2, 0) is 0 Å². The number of hydrogen-bond acceptors (Lipinski definition) is 2. The maximum atomic E-state index is 9.16. The number of aromatic amines is 1. The molecule has 3 rings (SSSR count). The molecule has 0 spiro atoms. The topological polar surface area (TPSA) is 65.6 Å². The highest BCUT2D eigenvalue weighted by atomic mass is 14.8. The van der Waals surface area contributed by atoms with Crippen molar-refractivity contribution in [3.8, 4) is 17.2 Å². The van der Waals surface area contributed by atoms with Crippen LogP contribution in [0, 0.1) is 11.3 Å². The molecule has 0 amide bonds. The van der Waals surface area contributed by atoms with E-state index in [0.717, 1.165) is 11.1 Å². The first kappa shape index (κ1) is 12.8. The van der Waals surface area contributed by atoms with Gasteiger partial charge >= 0.3 is 0 Å². The van der Waals surface area contributed by atoms with E-state index in [-0.39, 0.29) is 0 Å². The Kier molecular flexibility index (Phi) is 3.47. The van der Waals surface area contributed by atoms with Crippen molar-refractivity contribution in [1.29, 1.82) is 5.26 Å². The Morgan fingerprint density at radius 3 is 2.45 bits per heavy atom. The Hall–Kier alpha value is -2.21. The van der Waals surface area contributed by atoms with Gasteiger partial charge in [0.05, 0.1) is 0 Å². The van der Waals surface area contributed by atoms with E-state index < -0.39 is 0 Å². The third-order valence-electron chi connectivity index (χ3n) is 4.32. The summed E-state index contributed by atoms with van der Waals surface area (Å²) in [6, 6.07) is 10.8. The monoisotopic (exact) mass is 265 g/mol. The Balaban J connectivity index is 1.87. The lowest BCUT2D eigenvalue weighted by atomic mass is 9.83. The molecule has 1 aromatic heterocycles. The molecule has 0 saturated heterocycles. The van der Waals surface area contributed by atoms with Gasteiger partial charge in [-0.15, -0.1) is 0 Å². The predicted molar refractivity (Wildman–Crippen MR) is 81.2 cm³/mol. The number of anilines is 1. The number of rotatable bonds is 2. The molecule has 20 heavy (non-hydrogen) atoms. The number of nitriles is 1. The van der Waals surface area contributed by atoms with Crippen molar-refractivity contribution in [3.05, 3.63) is 41.6 Å². The molecule has 102 valence electrons. The van der Waals surface area contributed by atoms with E-state index in [1.54, 1.807) is 0 Å². The lowest BCUT2D eigenvalue weighted by Crippen LogP contribution is -2.04. The van der Waals surface area contributed by atoms with Gasteiger partial charge in [-0.1, -0.05) is 43.5 Å². The first-order valence-corrected chi connectivity index (χ1v) is 7.27. The second-order valence-corrected chi connectivity index (χ2v) is 5.56. The van der Waals surface area contributed by atoms with Crippen molar-refractivity contribution in [3.63, 3.8) is 0 Å². The minimum absolute atomic E-state index is 0.443. The number of nitrogens with two attached hydrogens (primary N) is 1. The van der Waals surface area contributed by atoms with Crippen LogP contribution in [0.4, 0.5) is 5.82 Å².